The summed E-state index contributed by atoms with van der Waals surface area (Å²) in [5, 5.41) is 3.88. The second-order valence-corrected chi connectivity index (χ2v) is 8.19. The normalized spacial score (nSPS) is 16.4. The summed E-state index contributed by atoms with van der Waals surface area (Å²) in [6.45, 7) is 3.81. The molecule has 1 aromatic carbocycles. The number of hydrogen-bond donors (Lipinski definition) is 2. The zero-order valence-electron chi connectivity index (χ0n) is 17.6. The number of aromatic nitrogens is 2. The molecular formula is C23H27N5O2. The van der Waals surface area contributed by atoms with Gasteiger partial charge in [0.15, 0.2) is 0 Å². The molecule has 156 valence electrons. The summed E-state index contributed by atoms with van der Waals surface area (Å²) < 4.78 is 0. The number of likely N-dealkylation sites (N-methyl/N-ethyl adjacent to an activating group) is 1. The molecule has 0 spiro atoms. The van der Waals surface area contributed by atoms with Gasteiger partial charge in [-0.25, -0.2) is 4.98 Å². The second kappa shape index (κ2) is 8.28. The first kappa shape index (κ1) is 20.1. The third-order valence-electron chi connectivity index (χ3n) is 5.56. The molecule has 0 bridgehead atoms. The Morgan fingerprint density at radius 3 is 2.90 bits per heavy atom. The zero-order valence-corrected chi connectivity index (χ0v) is 17.6. The van der Waals surface area contributed by atoms with Gasteiger partial charge in [0.05, 0.1) is 0 Å². The molecule has 7 nitrogen and oxygen atoms in total. The van der Waals surface area contributed by atoms with Crippen LogP contribution in [0.5, 0.6) is 0 Å². The molecule has 3 heterocycles. The SMILES string of the molecule is Cc1cc(=O)[nH]c2ccc(NC(=O)c3ccnc(N4CCCC4CN(C)C)c3)cc12. The van der Waals surface area contributed by atoms with E-state index in [1.54, 1.807) is 24.4 Å². The van der Waals surface area contributed by atoms with Crippen LogP contribution in [0.3, 0.4) is 0 Å². The average Bonchev–Trinajstić information content (AvgIpc) is 3.16. The van der Waals surface area contributed by atoms with E-state index in [0.29, 0.717) is 17.3 Å². The van der Waals surface area contributed by atoms with E-state index in [-0.39, 0.29) is 11.5 Å². The summed E-state index contributed by atoms with van der Waals surface area (Å²) in [6, 6.07) is 11.1. The molecule has 0 saturated carbocycles. The van der Waals surface area contributed by atoms with Crippen molar-refractivity contribution >= 4 is 28.3 Å². The number of carbonyl (C=O) groups is 1. The van der Waals surface area contributed by atoms with Crippen molar-refractivity contribution in [3.8, 4) is 0 Å². The van der Waals surface area contributed by atoms with Crippen LogP contribution in [0.15, 0.2) is 47.4 Å². The fraction of sp³-hybridized carbons (Fsp3) is 0.348. The van der Waals surface area contributed by atoms with Crippen LogP contribution in [0.1, 0.15) is 28.8 Å². The first-order valence-electron chi connectivity index (χ1n) is 10.2. The van der Waals surface area contributed by atoms with Crippen molar-refractivity contribution in [1.82, 2.24) is 14.9 Å². The van der Waals surface area contributed by atoms with E-state index < -0.39 is 0 Å². The van der Waals surface area contributed by atoms with Gasteiger partial charge in [0, 0.05) is 53.5 Å². The maximum absolute atomic E-state index is 12.9. The number of pyridine rings is 2. The first-order chi connectivity index (χ1) is 14.4. The lowest BCUT2D eigenvalue weighted by Crippen LogP contribution is -2.38. The van der Waals surface area contributed by atoms with Crippen molar-refractivity contribution in [1.29, 1.82) is 0 Å². The van der Waals surface area contributed by atoms with Crippen LogP contribution in [0, 0.1) is 6.92 Å². The highest BCUT2D eigenvalue weighted by atomic mass is 16.1. The topological polar surface area (TPSA) is 81.3 Å². The van der Waals surface area contributed by atoms with Crippen LogP contribution in [0.2, 0.25) is 0 Å². The van der Waals surface area contributed by atoms with E-state index in [0.717, 1.165) is 48.2 Å². The fourth-order valence-corrected chi connectivity index (χ4v) is 4.17. The number of amides is 1. The molecule has 7 heteroatoms. The maximum atomic E-state index is 12.9. The minimum atomic E-state index is -0.177. The van der Waals surface area contributed by atoms with E-state index in [4.69, 9.17) is 0 Å². The van der Waals surface area contributed by atoms with Crippen LogP contribution in [0.25, 0.3) is 10.9 Å². The van der Waals surface area contributed by atoms with E-state index in [9.17, 15) is 9.59 Å². The second-order valence-electron chi connectivity index (χ2n) is 8.19. The molecule has 1 atom stereocenters. The van der Waals surface area contributed by atoms with E-state index >= 15 is 0 Å². The smallest absolute Gasteiger partial charge is 0.255 e. The van der Waals surface area contributed by atoms with Gasteiger partial charge in [0.2, 0.25) is 5.56 Å². The Morgan fingerprint density at radius 2 is 2.10 bits per heavy atom. The molecule has 1 saturated heterocycles. The quantitative estimate of drug-likeness (QED) is 0.682. The minimum absolute atomic E-state index is 0.129. The van der Waals surface area contributed by atoms with Crippen LogP contribution < -0.4 is 15.8 Å². The van der Waals surface area contributed by atoms with Crippen molar-refractivity contribution in [2.75, 3.05) is 37.4 Å². The van der Waals surface area contributed by atoms with Gasteiger partial charge in [-0.2, -0.15) is 0 Å². The van der Waals surface area contributed by atoms with Gasteiger partial charge in [-0.1, -0.05) is 0 Å². The van der Waals surface area contributed by atoms with Gasteiger partial charge >= 0.3 is 0 Å². The number of rotatable bonds is 5. The predicted octanol–water partition coefficient (Wildman–Crippen LogP) is 3.01. The maximum Gasteiger partial charge on any atom is 0.255 e. The molecule has 1 aliphatic heterocycles. The van der Waals surface area contributed by atoms with Crippen molar-refractivity contribution in [2.24, 2.45) is 0 Å². The van der Waals surface area contributed by atoms with E-state index in [2.05, 4.69) is 39.2 Å². The van der Waals surface area contributed by atoms with E-state index in [1.165, 1.54) is 0 Å². The zero-order chi connectivity index (χ0) is 21.3. The summed E-state index contributed by atoms with van der Waals surface area (Å²) in [4.78, 5) is 36.4. The molecule has 30 heavy (non-hydrogen) atoms. The first-order valence-corrected chi connectivity index (χ1v) is 10.2. The van der Waals surface area contributed by atoms with Crippen molar-refractivity contribution in [3.05, 3.63) is 64.1 Å². The Kier molecular flexibility index (Phi) is 5.55. The minimum Gasteiger partial charge on any atom is -0.352 e. The predicted molar refractivity (Wildman–Crippen MR) is 120 cm³/mol. The Bertz CT molecular complexity index is 1140. The van der Waals surface area contributed by atoms with Crippen molar-refractivity contribution < 1.29 is 4.79 Å². The molecule has 1 fully saturated rings. The van der Waals surface area contributed by atoms with Gasteiger partial charge in [-0.3, -0.25) is 9.59 Å². The Balaban J connectivity index is 1.55. The number of nitrogens with one attached hydrogen (secondary N) is 2. The van der Waals surface area contributed by atoms with Crippen LogP contribution in [-0.2, 0) is 0 Å². The summed E-state index contributed by atoms with van der Waals surface area (Å²) in [5.41, 5.74) is 2.76. The van der Waals surface area contributed by atoms with Gasteiger partial charge in [0.1, 0.15) is 5.82 Å². The summed E-state index contributed by atoms with van der Waals surface area (Å²) >= 11 is 0. The Labute approximate surface area is 175 Å². The van der Waals surface area contributed by atoms with Gasteiger partial charge in [-0.15, -0.1) is 0 Å². The van der Waals surface area contributed by atoms with Crippen LogP contribution >= 0.6 is 0 Å². The molecule has 2 aromatic heterocycles. The van der Waals surface area contributed by atoms with Gasteiger partial charge in [0.25, 0.3) is 5.91 Å². The standard InChI is InChI=1S/C23H27N5O2/c1-15-11-22(29)26-20-7-6-17(13-19(15)20)25-23(30)16-8-9-24-21(12-16)28-10-4-5-18(28)14-27(2)3/h6-9,11-13,18H,4-5,10,14H2,1-3H3,(H,25,30)(H,26,29). The molecule has 4 rings (SSSR count). The third-order valence-corrected chi connectivity index (χ3v) is 5.56. The lowest BCUT2D eigenvalue weighted by molar-refractivity contribution is 0.102. The highest BCUT2D eigenvalue weighted by Gasteiger charge is 2.26. The van der Waals surface area contributed by atoms with Crippen molar-refractivity contribution in [2.45, 2.75) is 25.8 Å². The number of H-pyrrole nitrogens is 1. The molecular weight excluding hydrogens is 378 g/mol. The lowest BCUT2D eigenvalue weighted by Gasteiger charge is -2.28. The highest BCUT2D eigenvalue weighted by Crippen LogP contribution is 2.25. The number of nitrogens with zero attached hydrogens (tertiary/aromatic N) is 3. The Morgan fingerprint density at radius 1 is 1.27 bits per heavy atom. The number of hydrogen-bond acceptors (Lipinski definition) is 5. The third kappa shape index (κ3) is 4.21. The van der Waals surface area contributed by atoms with Gasteiger partial charge in [-0.05, 0) is 69.8 Å². The summed E-state index contributed by atoms with van der Waals surface area (Å²) in [7, 11) is 4.16. The number of aryl methyl sites for hydroxylation is 1. The number of benzene rings is 1. The largest absolute Gasteiger partial charge is 0.352 e. The molecule has 3 aromatic rings. The summed E-state index contributed by atoms with van der Waals surface area (Å²) in [5.74, 6) is 0.669. The van der Waals surface area contributed by atoms with Crippen molar-refractivity contribution in [3.63, 3.8) is 0 Å². The Hall–Kier alpha value is -3.19. The summed E-state index contributed by atoms with van der Waals surface area (Å²) in [6.07, 6.45) is 3.97. The van der Waals surface area contributed by atoms with Crippen LogP contribution in [0.4, 0.5) is 11.5 Å². The molecule has 0 radical (unpaired) electrons. The monoisotopic (exact) mass is 405 g/mol. The average molecular weight is 406 g/mol. The molecule has 1 aliphatic rings. The molecule has 0 aliphatic carbocycles. The van der Waals surface area contributed by atoms with E-state index in [1.807, 2.05) is 25.1 Å². The lowest BCUT2D eigenvalue weighted by atomic mass is 10.1. The fourth-order valence-electron chi connectivity index (χ4n) is 4.17. The number of aromatic amines is 1. The molecule has 1 amide bonds. The molecule has 2 N–H and O–H groups in total. The molecule has 1 unspecified atom stereocenters. The highest BCUT2D eigenvalue weighted by molar-refractivity contribution is 6.05. The number of carbonyl (C=O) groups excluding carboxylic acids is 1. The van der Waals surface area contributed by atoms with Crippen LogP contribution in [-0.4, -0.2) is 54.0 Å². The number of fused-ring (bicyclic) bond motifs is 1. The van der Waals surface area contributed by atoms with Gasteiger partial charge < -0.3 is 20.1 Å². The number of anilines is 2.